The van der Waals surface area contributed by atoms with Crippen LogP contribution in [0.3, 0.4) is 0 Å². The average Bonchev–Trinajstić information content (AvgIpc) is 3.03. The lowest BCUT2D eigenvalue weighted by Crippen LogP contribution is -2.48. The van der Waals surface area contributed by atoms with Gasteiger partial charge < -0.3 is 20.3 Å². The van der Waals surface area contributed by atoms with Crippen LogP contribution in [0.1, 0.15) is 43.1 Å². The lowest BCUT2D eigenvalue weighted by Gasteiger charge is -2.35. The fourth-order valence-electron chi connectivity index (χ4n) is 3.87. The van der Waals surface area contributed by atoms with Crippen LogP contribution in [0, 0.1) is 0 Å². The Morgan fingerprint density at radius 2 is 1.84 bits per heavy atom. The molecule has 2 fully saturated rings. The summed E-state index contributed by atoms with van der Waals surface area (Å²) < 4.78 is 29.0. The van der Waals surface area contributed by atoms with Crippen LogP contribution in [-0.4, -0.2) is 74.6 Å². The van der Waals surface area contributed by atoms with E-state index in [-0.39, 0.29) is 59.6 Å². The largest absolute Gasteiger partial charge is 0.372 e. The Kier molecular flexibility index (Phi) is 9.56. The van der Waals surface area contributed by atoms with Gasteiger partial charge in [0.2, 0.25) is 0 Å². The number of rotatable bonds is 5. The molecule has 3 atom stereocenters. The summed E-state index contributed by atoms with van der Waals surface area (Å²) in [5, 5.41) is 6.37. The molecule has 10 heteroatoms. The standard InChI is InChI=1S/C21H32N4O4S.HI/c1-4-22-21(24-19-9-10-30(27,28)14-19)23-11-17-5-7-18(8-6-17)20(26)25-12-15(2)29-16(3)13-25;/h5-8,15-16,19H,4,9-14H2,1-3H3,(H2,22,23,24);1H. The number of hydrogen-bond donors (Lipinski definition) is 2. The van der Waals surface area contributed by atoms with Crippen LogP contribution in [0.4, 0.5) is 0 Å². The highest BCUT2D eigenvalue weighted by Gasteiger charge is 2.28. The van der Waals surface area contributed by atoms with Gasteiger partial charge in [0, 0.05) is 31.2 Å². The van der Waals surface area contributed by atoms with E-state index in [4.69, 9.17) is 4.74 Å². The molecule has 1 aromatic carbocycles. The van der Waals surface area contributed by atoms with Crippen LogP contribution >= 0.6 is 24.0 Å². The van der Waals surface area contributed by atoms with Crippen molar-refractivity contribution in [3.63, 3.8) is 0 Å². The Hall–Kier alpha value is -1.40. The van der Waals surface area contributed by atoms with Crippen molar-refractivity contribution in [2.24, 2.45) is 4.99 Å². The zero-order chi connectivity index (χ0) is 21.7. The molecule has 0 aromatic heterocycles. The van der Waals surface area contributed by atoms with Gasteiger partial charge in [0.05, 0.1) is 30.3 Å². The van der Waals surface area contributed by atoms with Crippen LogP contribution in [-0.2, 0) is 21.1 Å². The third-order valence-corrected chi connectivity index (χ3v) is 7.01. The summed E-state index contributed by atoms with van der Waals surface area (Å²) in [5.74, 6) is 0.994. The number of nitrogens with zero attached hydrogens (tertiary/aromatic N) is 2. The number of morpholine rings is 1. The molecule has 1 amide bonds. The first-order valence-corrected chi connectivity index (χ1v) is 12.4. The minimum atomic E-state index is -2.94. The Balaban J connectivity index is 0.00000341. The molecule has 0 bridgehead atoms. The van der Waals surface area contributed by atoms with Crippen molar-refractivity contribution in [2.75, 3.05) is 31.1 Å². The molecule has 0 spiro atoms. The van der Waals surface area contributed by atoms with Gasteiger partial charge in [-0.3, -0.25) is 4.79 Å². The van der Waals surface area contributed by atoms with Crippen molar-refractivity contribution in [2.45, 2.75) is 52.0 Å². The van der Waals surface area contributed by atoms with Crippen molar-refractivity contribution < 1.29 is 17.9 Å². The number of ether oxygens (including phenoxy) is 1. The van der Waals surface area contributed by atoms with Gasteiger partial charge in [0.15, 0.2) is 15.8 Å². The van der Waals surface area contributed by atoms with E-state index >= 15 is 0 Å². The van der Waals surface area contributed by atoms with Gasteiger partial charge in [0.25, 0.3) is 5.91 Å². The van der Waals surface area contributed by atoms with Gasteiger partial charge in [-0.25, -0.2) is 13.4 Å². The second-order valence-corrected chi connectivity index (χ2v) is 10.3. The van der Waals surface area contributed by atoms with Crippen LogP contribution < -0.4 is 10.6 Å². The van der Waals surface area contributed by atoms with Gasteiger partial charge in [-0.2, -0.15) is 0 Å². The highest BCUT2D eigenvalue weighted by Crippen LogP contribution is 2.15. The molecule has 2 N–H and O–H groups in total. The zero-order valence-electron chi connectivity index (χ0n) is 18.3. The first-order valence-electron chi connectivity index (χ1n) is 10.5. The van der Waals surface area contributed by atoms with Crippen LogP contribution in [0.15, 0.2) is 29.3 Å². The first kappa shape index (κ1) is 25.9. The Morgan fingerprint density at radius 1 is 1.19 bits per heavy atom. The molecule has 174 valence electrons. The molecule has 3 rings (SSSR count). The molecule has 2 aliphatic rings. The third-order valence-electron chi connectivity index (χ3n) is 5.24. The molecule has 2 saturated heterocycles. The van der Waals surface area contributed by atoms with Crippen LogP contribution in [0.5, 0.6) is 0 Å². The molecule has 2 aliphatic heterocycles. The molecular formula is C21H33IN4O4S. The van der Waals surface area contributed by atoms with E-state index < -0.39 is 9.84 Å². The van der Waals surface area contributed by atoms with E-state index in [9.17, 15) is 13.2 Å². The van der Waals surface area contributed by atoms with Gasteiger partial charge in [-0.1, -0.05) is 12.1 Å². The van der Waals surface area contributed by atoms with Crippen molar-refractivity contribution in [1.29, 1.82) is 0 Å². The fraction of sp³-hybridized carbons (Fsp3) is 0.619. The highest BCUT2D eigenvalue weighted by molar-refractivity contribution is 14.0. The van der Waals surface area contributed by atoms with E-state index in [1.807, 2.05) is 49.9 Å². The summed E-state index contributed by atoms with van der Waals surface area (Å²) >= 11 is 0. The predicted molar refractivity (Wildman–Crippen MR) is 133 cm³/mol. The molecule has 0 saturated carbocycles. The summed E-state index contributed by atoms with van der Waals surface area (Å²) in [6.07, 6.45) is 0.679. The summed E-state index contributed by atoms with van der Waals surface area (Å²) in [6, 6.07) is 7.39. The second kappa shape index (κ2) is 11.5. The summed E-state index contributed by atoms with van der Waals surface area (Å²) in [5.41, 5.74) is 1.64. The molecule has 0 radical (unpaired) electrons. The third kappa shape index (κ3) is 7.60. The van der Waals surface area contributed by atoms with Crippen LogP contribution in [0.25, 0.3) is 0 Å². The fourth-order valence-corrected chi connectivity index (χ4v) is 5.54. The molecule has 0 aliphatic carbocycles. The smallest absolute Gasteiger partial charge is 0.254 e. The highest BCUT2D eigenvalue weighted by atomic mass is 127. The number of amides is 1. The number of halogens is 1. The number of sulfone groups is 1. The number of guanidine groups is 1. The topological polar surface area (TPSA) is 100 Å². The van der Waals surface area contributed by atoms with Gasteiger partial charge in [0.1, 0.15) is 0 Å². The van der Waals surface area contributed by atoms with Crippen molar-refractivity contribution in [3.8, 4) is 0 Å². The summed E-state index contributed by atoms with van der Waals surface area (Å²) in [4.78, 5) is 19.2. The number of benzene rings is 1. The van der Waals surface area contributed by atoms with Gasteiger partial charge >= 0.3 is 0 Å². The van der Waals surface area contributed by atoms with Crippen molar-refractivity contribution >= 4 is 45.7 Å². The number of nitrogens with one attached hydrogen (secondary N) is 2. The number of hydrogen-bond acceptors (Lipinski definition) is 5. The minimum absolute atomic E-state index is 0. The second-order valence-electron chi connectivity index (χ2n) is 8.10. The maximum absolute atomic E-state index is 12.8. The van der Waals surface area contributed by atoms with E-state index in [2.05, 4.69) is 15.6 Å². The van der Waals surface area contributed by atoms with Gasteiger partial charge in [-0.15, -0.1) is 24.0 Å². The van der Waals surface area contributed by atoms with E-state index in [1.54, 1.807) is 0 Å². The number of aliphatic imine (C=N–C) groups is 1. The predicted octanol–water partition coefficient (Wildman–Crippen LogP) is 1.80. The Labute approximate surface area is 202 Å². The Bertz CT molecular complexity index is 866. The number of carbonyl (C=O) groups excluding carboxylic acids is 1. The van der Waals surface area contributed by atoms with Crippen LogP contribution in [0.2, 0.25) is 0 Å². The summed E-state index contributed by atoms with van der Waals surface area (Å²) in [6.45, 7) is 8.26. The zero-order valence-corrected chi connectivity index (χ0v) is 21.5. The van der Waals surface area contributed by atoms with E-state index in [0.29, 0.717) is 44.1 Å². The molecule has 8 nitrogen and oxygen atoms in total. The molecule has 3 unspecified atom stereocenters. The summed E-state index contributed by atoms with van der Waals surface area (Å²) in [7, 11) is -2.94. The molecule has 31 heavy (non-hydrogen) atoms. The van der Waals surface area contributed by atoms with Crippen molar-refractivity contribution in [1.82, 2.24) is 15.5 Å². The SMILES string of the molecule is CCNC(=NCc1ccc(C(=O)N2CC(C)OC(C)C2)cc1)NC1CCS(=O)(=O)C1.I. The maximum Gasteiger partial charge on any atom is 0.254 e. The number of carbonyl (C=O) groups is 1. The molecule has 2 heterocycles. The lowest BCUT2D eigenvalue weighted by molar-refractivity contribution is -0.0586. The average molecular weight is 564 g/mol. The maximum atomic E-state index is 12.8. The van der Waals surface area contributed by atoms with Gasteiger partial charge in [-0.05, 0) is 44.9 Å². The lowest BCUT2D eigenvalue weighted by atomic mass is 10.1. The monoisotopic (exact) mass is 564 g/mol. The minimum Gasteiger partial charge on any atom is -0.372 e. The normalized spacial score (nSPS) is 25.6. The quantitative estimate of drug-likeness (QED) is 0.322. The van der Waals surface area contributed by atoms with E-state index in [0.717, 1.165) is 5.56 Å². The molecular weight excluding hydrogens is 531 g/mol. The first-order chi connectivity index (χ1) is 14.3. The van der Waals surface area contributed by atoms with E-state index in [1.165, 1.54) is 0 Å². The molecule has 1 aromatic rings. The Morgan fingerprint density at radius 3 is 2.39 bits per heavy atom. The van der Waals surface area contributed by atoms with Crippen molar-refractivity contribution in [3.05, 3.63) is 35.4 Å².